The molecule has 2 aromatic carbocycles. The summed E-state index contributed by atoms with van der Waals surface area (Å²) in [6.07, 6.45) is 8.51. The number of hydrogen-bond acceptors (Lipinski definition) is 0. The van der Waals surface area contributed by atoms with Gasteiger partial charge in [-0.25, -0.2) is 0 Å². The number of benzene rings is 2. The third-order valence-electron chi connectivity index (χ3n) is 4.29. The van der Waals surface area contributed by atoms with Gasteiger partial charge in [0, 0.05) is 0 Å². The van der Waals surface area contributed by atoms with E-state index < -0.39 is 0 Å². The SMILES string of the molecule is CCP(CC)CC.CCP(CC)CC.c1cc[c]([Pt][c]2ccccc2)cc1. The first-order valence-corrected chi connectivity index (χ1v) is 16.3. The molecule has 0 fully saturated rings. The summed E-state index contributed by atoms with van der Waals surface area (Å²) in [5.74, 6) is 0. The molecule has 2 aromatic rings. The second kappa shape index (κ2) is 19.3. The molecule has 0 bridgehead atoms. The molecule has 0 aliphatic carbocycles. The van der Waals surface area contributed by atoms with Gasteiger partial charge in [0.15, 0.2) is 0 Å². The summed E-state index contributed by atoms with van der Waals surface area (Å²) in [7, 11) is 0.892. The summed E-state index contributed by atoms with van der Waals surface area (Å²) in [6, 6.07) is 21.4. The van der Waals surface area contributed by atoms with Crippen LogP contribution < -0.4 is 7.91 Å². The van der Waals surface area contributed by atoms with Crippen LogP contribution in [0.15, 0.2) is 60.7 Å². The summed E-state index contributed by atoms with van der Waals surface area (Å²) in [4.78, 5) is 0. The molecular formula is C24H40P2Pt. The van der Waals surface area contributed by atoms with Crippen molar-refractivity contribution >= 4 is 23.7 Å². The van der Waals surface area contributed by atoms with Crippen molar-refractivity contribution in [3.63, 3.8) is 0 Å². The summed E-state index contributed by atoms with van der Waals surface area (Å²) in [6.45, 7) is 13.7. The summed E-state index contributed by atoms with van der Waals surface area (Å²) >= 11 is 0.0186. The van der Waals surface area contributed by atoms with Crippen molar-refractivity contribution in [2.45, 2.75) is 41.5 Å². The predicted octanol–water partition coefficient (Wildman–Crippen LogP) is 6.78. The van der Waals surface area contributed by atoms with Gasteiger partial charge in [0.25, 0.3) is 0 Å². The van der Waals surface area contributed by atoms with Crippen LogP contribution in [0.1, 0.15) is 41.5 Å². The van der Waals surface area contributed by atoms with E-state index in [4.69, 9.17) is 0 Å². The molecule has 0 atom stereocenters. The first-order chi connectivity index (χ1) is 13.1. The van der Waals surface area contributed by atoms with Crippen LogP contribution >= 0.6 is 15.8 Å². The predicted molar refractivity (Wildman–Crippen MR) is 129 cm³/mol. The Labute approximate surface area is 181 Å². The van der Waals surface area contributed by atoms with E-state index in [0.29, 0.717) is 15.8 Å². The Morgan fingerprint density at radius 1 is 0.481 bits per heavy atom. The Kier molecular flexibility index (Phi) is 19.3. The van der Waals surface area contributed by atoms with E-state index in [2.05, 4.69) is 102 Å². The Balaban J connectivity index is 0.000000416. The first-order valence-electron chi connectivity index (χ1n) is 10.3. The van der Waals surface area contributed by atoms with E-state index in [9.17, 15) is 0 Å². The van der Waals surface area contributed by atoms with Crippen molar-refractivity contribution in [1.82, 2.24) is 0 Å². The molecule has 0 aliphatic heterocycles. The molecule has 0 aromatic heterocycles. The molecular weight excluding hydrogens is 545 g/mol. The van der Waals surface area contributed by atoms with Crippen LogP contribution in [0.2, 0.25) is 0 Å². The van der Waals surface area contributed by atoms with E-state index in [0.717, 1.165) is 0 Å². The average Bonchev–Trinajstić information content (AvgIpc) is 2.73. The molecule has 0 radical (unpaired) electrons. The molecule has 0 amide bonds. The van der Waals surface area contributed by atoms with Gasteiger partial charge in [0.05, 0.1) is 0 Å². The van der Waals surface area contributed by atoms with E-state index in [1.165, 1.54) is 44.9 Å². The maximum absolute atomic E-state index is 2.29. The van der Waals surface area contributed by atoms with Crippen LogP contribution in [0, 0.1) is 0 Å². The molecule has 0 unspecified atom stereocenters. The molecule has 3 heteroatoms. The summed E-state index contributed by atoms with van der Waals surface area (Å²) in [5.41, 5.74) is 0. The molecule has 0 nitrogen and oxygen atoms in total. The molecule has 0 spiro atoms. The van der Waals surface area contributed by atoms with E-state index in [-0.39, 0.29) is 18.6 Å². The summed E-state index contributed by atoms with van der Waals surface area (Å²) in [5, 5.41) is 0. The van der Waals surface area contributed by atoms with Crippen LogP contribution in [0.4, 0.5) is 0 Å². The number of rotatable bonds is 8. The van der Waals surface area contributed by atoms with Gasteiger partial charge in [-0.2, -0.15) is 0 Å². The van der Waals surface area contributed by atoms with Gasteiger partial charge in [-0.3, -0.25) is 0 Å². The number of hydrogen-bond donors (Lipinski definition) is 0. The Morgan fingerprint density at radius 2 is 0.741 bits per heavy atom. The fraction of sp³-hybridized carbons (Fsp3) is 0.500. The second-order valence-corrected chi connectivity index (χ2v) is 15.5. The van der Waals surface area contributed by atoms with Gasteiger partial charge < -0.3 is 0 Å². The summed E-state index contributed by atoms with van der Waals surface area (Å²) < 4.78 is 2.96. The van der Waals surface area contributed by atoms with Crippen molar-refractivity contribution in [3.8, 4) is 0 Å². The van der Waals surface area contributed by atoms with Crippen molar-refractivity contribution in [2.24, 2.45) is 0 Å². The van der Waals surface area contributed by atoms with Crippen molar-refractivity contribution < 1.29 is 18.6 Å². The molecule has 2 rings (SSSR count). The fourth-order valence-corrected chi connectivity index (χ4v) is 7.43. The Hall–Kier alpha value is -0.0117. The van der Waals surface area contributed by atoms with Gasteiger partial charge >= 0.3 is 87.1 Å². The fourth-order valence-electron chi connectivity index (χ4n) is 2.36. The zero-order valence-corrected chi connectivity index (χ0v) is 22.3. The van der Waals surface area contributed by atoms with E-state index in [1.807, 2.05) is 0 Å². The second-order valence-electron chi connectivity index (χ2n) is 5.84. The molecule has 0 heterocycles. The minimum absolute atomic E-state index is 0.0186. The van der Waals surface area contributed by atoms with Gasteiger partial charge in [-0.15, -0.1) is 15.8 Å². The van der Waals surface area contributed by atoms with Gasteiger partial charge in [-0.05, 0) is 37.0 Å². The molecule has 0 aliphatic rings. The van der Waals surface area contributed by atoms with Crippen LogP contribution in [0.25, 0.3) is 0 Å². The average molecular weight is 586 g/mol. The molecule has 0 N–H and O–H groups in total. The van der Waals surface area contributed by atoms with Gasteiger partial charge in [0.1, 0.15) is 0 Å². The standard InChI is InChI=1S/2C6H15P.2C6H5.Pt/c2*1-4-7(5-2)6-3;2*1-2-4-6-5-3-1;/h2*4-6H2,1-3H3;2*1-5H;. The van der Waals surface area contributed by atoms with Crippen molar-refractivity contribution in [3.05, 3.63) is 60.7 Å². The quantitative estimate of drug-likeness (QED) is 0.300. The van der Waals surface area contributed by atoms with Crippen molar-refractivity contribution in [2.75, 3.05) is 37.0 Å². The third kappa shape index (κ3) is 14.6. The topological polar surface area (TPSA) is 0 Å². The molecule has 156 valence electrons. The van der Waals surface area contributed by atoms with Gasteiger partial charge in [0.2, 0.25) is 0 Å². The van der Waals surface area contributed by atoms with Crippen LogP contribution in [0.5, 0.6) is 0 Å². The normalized spacial score (nSPS) is 10.2. The zero-order chi connectivity index (χ0) is 20.3. The Bertz CT molecular complexity index is 462. The monoisotopic (exact) mass is 585 g/mol. The zero-order valence-electron chi connectivity index (χ0n) is 18.2. The van der Waals surface area contributed by atoms with Crippen molar-refractivity contribution in [1.29, 1.82) is 0 Å². The van der Waals surface area contributed by atoms with E-state index >= 15 is 0 Å². The first kappa shape index (κ1) is 27.0. The Morgan fingerprint density at radius 3 is 0.926 bits per heavy atom. The van der Waals surface area contributed by atoms with Crippen LogP contribution in [-0.2, 0) is 18.6 Å². The third-order valence-corrected chi connectivity index (χ3v) is 12.5. The van der Waals surface area contributed by atoms with Crippen LogP contribution in [0.3, 0.4) is 0 Å². The van der Waals surface area contributed by atoms with E-state index in [1.54, 1.807) is 0 Å². The van der Waals surface area contributed by atoms with Gasteiger partial charge in [-0.1, -0.05) is 41.5 Å². The molecule has 0 saturated carbocycles. The van der Waals surface area contributed by atoms with Crippen LogP contribution in [-0.4, -0.2) is 37.0 Å². The molecule has 27 heavy (non-hydrogen) atoms. The molecule has 0 saturated heterocycles. The minimum atomic E-state index is 0.0186. The maximum atomic E-state index is 2.29.